The van der Waals surface area contributed by atoms with Crippen LogP contribution >= 0.6 is 22.7 Å². The Bertz CT molecular complexity index is 727. The lowest BCUT2D eigenvalue weighted by molar-refractivity contribution is 0.989. The third-order valence-electron chi connectivity index (χ3n) is 3.18. The molecule has 0 aliphatic heterocycles. The van der Waals surface area contributed by atoms with Crippen LogP contribution in [0.1, 0.15) is 9.75 Å². The van der Waals surface area contributed by atoms with E-state index in [0.29, 0.717) is 5.82 Å². The van der Waals surface area contributed by atoms with E-state index >= 15 is 0 Å². The van der Waals surface area contributed by atoms with Crippen molar-refractivity contribution in [1.82, 2.24) is 9.97 Å². The maximum atomic E-state index is 6.01. The summed E-state index contributed by atoms with van der Waals surface area (Å²) in [4.78, 5) is 12.3. The standard InChI is InChI=1S/C12H9N3S2/c13-11-10-9-6-3-4-16-7(6)1-2-8(9)17-12(10)15-5-14-11/h3-5H,1-2H2,(H2,13,14,15). The van der Waals surface area contributed by atoms with Crippen LogP contribution in [-0.4, -0.2) is 9.97 Å². The van der Waals surface area contributed by atoms with E-state index in [-0.39, 0.29) is 0 Å². The summed E-state index contributed by atoms with van der Waals surface area (Å²) >= 11 is 3.58. The zero-order valence-electron chi connectivity index (χ0n) is 8.93. The van der Waals surface area contributed by atoms with E-state index in [1.807, 2.05) is 11.3 Å². The summed E-state index contributed by atoms with van der Waals surface area (Å²) in [6, 6.07) is 2.19. The molecule has 0 amide bonds. The van der Waals surface area contributed by atoms with Gasteiger partial charge in [-0.05, 0) is 29.9 Å². The van der Waals surface area contributed by atoms with Crippen molar-refractivity contribution < 1.29 is 0 Å². The molecule has 3 aromatic heterocycles. The molecule has 0 saturated heterocycles. The number of anilines is 1. The molecule has 1 aliphatic carbocycles. The van der Waals surface area contributed by atoms with Gasteiger partial charge in [0.25, 0.3) is 0 Å². The fourth-order valence-electron chi connectivity index (χ4n) is 2.45. The predicted octanol–water partition coefficient (Wildman–Crippen LogP) is 3.10. The first kappa shape index (κ1) is 9.56. The Hall–Kier alpha value is -1.46. The lowest BCUT2D eigenvalue weighted by Crippen LogP contribution is -1.98. The summed E-state index contributed by atoms with van der Waals surface area (Å²) in [5, 5.41) is 3.20. The monoisotopic (exact) mass is 259 g/mol. The molecule has 0 saturated carbocycles. The van der Waals surface area contributed by atoms with Crippen molar-refractivity contribution in [2.75, 3.05) is 5.73 Å². The van der Waals surface area contributed by atoms with E-state index < -0.39 is 0 Å². The van der Waals surface area contributed by atoms with Crippen molar-refractivity contribution in [2.45, 2.75) is 12.8 Å². The minimum atomic E-state index is 0.603. The smallest absolute Gasteiger partial charge is 0.136 e. The van der Waals surface area contributed by atoms with E-state index in [1.54, 1.807) is 17.7 Å². The van der Waals surface area contributed by atoms with Crippen LogP contribution in [-0.2, 0) is 12.8 Å². The first-order valence-electron chi connectivity index (χ1n) is 5.43. The van der Waals surface area contributed by atoms with Gasteiger partial charge in [-0.2, -0.15) is 0 Å². The molecule has 3 aromatic rings. The highest BCUT2D eigenvalue weighted by atomic mass is 32.1. The Morgan fingerprint density at radius 3 is 3.00 bits per heavy atom. The number of thiophene rings is 2. The Morgan fingerprint density at radius 2 is 2.06 bits per heavy atom. The quantitative estimate of drug-likeness (QED) is 0.675. The summed E-state index contributed by atoms with van der Waals surface area (Å²) < 4.78 is 0. The Labute approximate surface area is 106 Å². The van der Waals surface area contributed by atoms with Crippen molar-refractivity contribution >= 4 is 38.7 Å². The molecule has 17 heavy (non-hydrogen) atoms. The summed E-state index contributed by atoms with van der Waals surface area (Å²) in [6.45, 7) is 0. The number of hydrogen-bond donors (Lipinski definition) is 1. The molecular formula is C12H9N3S2. The van der Waals surface area contributed by atoms with E-state index in [0.717, 1.165) is 23.1 Å². The number of nitrogens with two attached hydrogens (primary N) is 1. The second-order valence-electron chi connectivity index (χ2n) is 4.10. The van der Waals surface area contributed by atoms with E-state index in [9.17, 15) is 0 Å². The van der Waals surface area contributed by atoms with Gasteiger partial charge >= 0.3 is 0 Å². The molecule has 84 valence electrons. The average molecular weight is 259 g/mol. The molecule has 0 spiro atoms. The number of fused-ring (bicyclic) bond motifs is 5. The third-order valence-corrected chi connectivity index (χ3v) is 5.32. The highest BCUT2D eigenvalue weighted by Crippen LogP contribution is 2.46. The SMILES string of the molecule is Nc1ncnc2sc3c(c12)-c1ccsc1CC3. The normalized spacial score (nSPS) is 13.6. The van der Waals surface area contributed by atoms with Crippen LogP contribution in [0.25, 0.3) is 21.3 Å². The molecule has 5 heteroatoms. The topological polar surface area (TPSA) is 51.8 Å². The highest BCUT2D eigenvalue weighted by molar-refractivity contribution is 7.19. The van der Waals surface area contributed by atoms with Crippen LogP contribution in [0, 0.1) is 0 Å². The maximum Gasteiger partial charge on any atom is 0.136 e. The van der Waals surface area contributed by atoms with Gasteiger partial charge in [-0.25, -0.2) is 9.97 Å². The van der Waals surface area contributed by atoms with Crippen LogP contribution in [0.4, 0.5) is 5.82 Å². The van der Waals surface area contributed by atoms with E-state index in [1.165, 1.54) is 20.9 Å². The lowest BCUT2D eigenvalue weighted by Gasteiger charge is -2.12. The van der Waals surface area contributed by atoms with Crippen LogP contribution < -0.4 is 5.73 Å². The molecule has 0 aromatic carbocycles. The molecule has 0 atom stereocenters. The van der Waals surface area contributed by atoms with Gasteiger partial charge in [0.2, 0.25) is 0 Å². The summed E-state index contributed by atoms with van der Waals surface area (Å²) in [5.41, 5.74) is 8.63. The Kier molecular flexibility index (Phi) is 1.84. The van der Waals surface area contributed by atoms with Crippen LogP contribution in [0.2, 0.25) is 0 Å². The first-order valence-corrected chi connectivity index (χ1v) is 7.13. The van der Waals surface area contributed by atoms with Gasteiger partial charge in [-0.15, -0.1) is 22.7 Å². The molecule has 4 rings (SSSR count). The molecule has 2 N–H and O–H groups in total. The van der Waals surface area contributed by atoms with Gasteiger partial charge in [-0.3, -0.25) is 0 Å². The molecular weight excluding hydrogens is 250 g/mol. The summed E-state index contributed by atoms with van der Waals surface area (Å²) in [6.07, 6.45) is 3.79. The second-order valence-corrected chi connectivity index (χ2v) is 6.18. The van der Waals surface area contributed by atoms with Gasteiger partial charge in [0, 0.05) is 15.3 Å². The zero-order valence-corrected chi connectivity index (χ0v) is 10.6. The third kappa shape index (κ3) is 1.21. The predicted molar refractivity (Wildman–Crippen MR) is 72.5 cm³/mol. The van der Waals surface area contributed by atoms with E-state index in [4.69, 9.17) is 5.73 Å². The van der Waals surface area contributed by atoms with Crippen LogP contribution in [0.15, 0.2) is 17.8 Å². The van der Waals surface area contributed by atoms with Crippen molar-refractivity contribution in [1.29, 1.82) is 0 Å². The molecule has 0 bridgehead atoms. The molecule has 0 unspecified atom stereocenters. The number of aromatic nitrogens is 2. The number of hydrogen-bond acceptors (Lipinski definition) is 5. The summed E-state index contributed by atoms with van der Waals surface area (Å²) in [7, 11) is 0. The zero-order chi connectivity index (χ0) is 11.4. The van der Waals surface area contributed by atoms with Gasteiger partial charge < -0.3 is 5.73 Å². The fourth-order valence-corrected chi connectivity index (χ4v) is 4.49. The van der Waals surface area contributed by atoms with Gasteiger partial charge in [0.05, 0.1) is 5.39 Å². The Morgan fingerprint density at radius 1 is 1.18 bits per heavy atom. The second kappa shape index (κ2) is 3.27. The number of rotatable bonds is 0. The first-order chi connectivity index (χ1) is 8.34. The number of nitrogen functional groups attached to an aromatic ring is 1. The lowest BCUT2D eigenvalue weighted by atomic mass is 9.95. The molecule has 0 radical (unpaired) electrons. The molecule has 3 heterocycles. The fraction of sp³-hybridized carbons (Fsp3) is 0.167. The average Bonchev–Trinajstić information content (AvgIpc) is 2.91. The molecule has 3 nitrogen and oxygen atoms in total. The minimum absolute atomic E-state index is 0.603. The molecule has 1 aliphatic rings. The Balaban J connectivity index is 2.19. The van der Waals surface area contributed by atoms with E-state index in [2.05, 4.69) is 21.4 Å². The van der Waals surface area contributed by atoms with Gasteiger partial charge in [-0.1, -0.05) is 0 Å². The van der Waals surface area contributed by atoms with Gasteiger partial charge in [0.15, 0.2) is 0 Å². The van der Waals surface area contributed by atoms with Crippen molar-refractivity contribution in [2.24, 2.45) is 0 Å². The maximum absolute atomic E-state index is 6.01. The van der Waals surface area contributed by atoms with Crippen molar-refractivity contribution in [3.05, 3.63) is 27.5 Å². The van der Waals surface area contributed by atoms with Crippen LogP contribution in [0.5, 0.6) is 0 Å². The van der Waals surface area contributed by atoms with Crippen molar-refractivity contribution in [3.8, 4) is 11.1 Å². The number of aryl methyl sites for hydroxylation is 2. The summed E-state index contributed by atoms with van der Waals surface area (Å²) in [5.74, 6) is 0.603. The highest BCUT2D eigenvalue weighted by Gasteiger charge is 2.24. The molecule has 0 fully saturated rings. The van der Waals surface area contributed by atoms with Gasteiger partial charge in [0.1, 0.15) is 17.0 Å². The van der Waals surface area contributed by atoms with Crippen molar-refractivity contribution in [3.63, 3.8) is 0 Å². The minimum Gasteiger partial charge on any atom is -0.383 e. The largest absolute Gasteiger partial charge is 0.383 e. The van der Waals surface area contributed by atoms with Crippen LogP contribution in [0.3, 0.4) is 0 Å². The number of nitrogens with zero attached hydrogens (tertiary/aromatic N) is 2.